The Morgan fingerprint density at radius 1 is 1.42 bits per heavy atom. The van der Waals surface area contributed by atoms with Gasteiger partial charge in [-0.15, -0.1) is 0 Å². The molecule has 0 atom stereocenters. The first-order valence-corrected chi connectivity index (χ1v) is 8.21. The highest BCUT2D eigenvalue weighted by atomic mass is 35.5. The topological polar surface area (TPSA) is 61.0 Å². The Balaban J connectivity index is 1.76. The molecule has 0 spiro atoms. The molecule has 0 bridgehead atoms. The minimum atomic E-state index is -0.509. The molecule has 1 aromatic heterocycles. The maximum absolute atomic E-state index is 13.2. The number of carbonyl (C=O) groups is 1. The maximum atomic E-state index is 13.2. The van der Waals surface area contributed by atoms with Gasteiger partial charge < -0.3 is 10.2 Å². The van der Waals surface area contributed by atoms with Gasteiger partial charge in [-0.25, -0.2) is 9.18 Å². The van der Waals surface area contributed by atoms with Crippen molar-refractivity contribution in [3.8, 4) is 0 Å². The number of fused-ring (bicyclic) bond motifs is 1. The fourth-order valence-electron chi connectivity index (χ4n) is 2.87. The molecule has 2 aromatic rings. The predicted octanol–water partition coefficient (Wildman–Crippen LogP) is 4.09. The number of hydrogen-bond acceptors (Lipinski definition) is 2. The van der Waals surface area contributed by atoms with Gasteiger partial charge in [-0.3, -0.25) is 5.10 Å². The molecule has 5 nitrogen and oxygen atoms in total. The van der Waals surface area contributed by atoms with Gasteiger partial charge in [0.2, 0.25) is 0 Å². The van der Waals surface area contributed by atoms with Crippen LogP contribution in [0.3, 0.4) is 0 Å². The molecule has 1 aliphatic heterocycles. The summed E-state index contributed by atoms with van der Waals surface area (Å²) in [5.41, 5.74) is 3.55. The highest BCUT2D eigenvalue weighted by molar-refractivity contribution is 6.31. The van der Waals surface area contributed by atoms with E-state index in [1.165, 1.54) is 18.2 Å². The zero-order valence-corrected chi connectivity index (χ0v) is 14.7. The summed E-state index contributed by atoms with van der Waals surface area (Å²) in [7, 11) is 0. The second-order valence-corrected chi connectivity index (χ2v) is 7.42. The first-order valence-electron chi connectivity index (χ1n) is 7.83. The molecule has 0 radical (unpaired) electrons. The first kappa shape index (κ1) is 16.8. The van der Waals surface area contributed by atoms with Gasteiger partial charge in [-0.1, -0.05) is 32.4 Å². The number of halogens is 2. The summed E-state index contributed by atoms with van der Waals surface area (Å²) in [6, 6.07) is 3.90. The summed E-state index contributed by atoms with van der Waals surface area (Å²) >= 11 is 5.75. The largest absolute Gasteiger partial charge is 0.322 e. The number of H-pyrrole nitrogens is 1. The Labute approximate surface area is 145 Å². The van der Waals surface area contributed by atoms with Crippen molar-refractivity contribution in [2.24, 2.45) is 0 Å². The standard InChI is InChI=1S/C17H20ClFN4O/c1-17(2,3)15-11-9-23(7-6-14(11)21-22-15)16(24)20-10-4-5-13(19)12(18)8-10/h4-5,8H,6-7,9H2,1-3H3,(H,20,24)(H,21,22). The quantitative estimate of drug-likeness (QED) is 0.813. The minimum absolute atomic E-state index is 0.0152. The van der Waals surface area contributed by atoms with Crippen molar-refractivity contribution in [1.82, 2.24) is 15.1 Å². The van der Waals surface area contributed by atoms with Gasteiger partial charge in [0.1, 0.15) is 5.82 Å². The molecule has 24 heavy (non-hydrogen) atoms. The average Bonchev–Trinajstić information content (AvgIpc) is 2.94. The molecule has 1 aliphatic rings. The summed E-state index contributed by atoms with van der Waals surface area (Å²) in [5.74, 6) is -0.509. The SMILES string of the molecule is CC(C)(C)c1n[nH]c2c1CN(C(=O)Nc1ccc(F)c(Cl)c1)CC2. The van der Waals surface area contributed by atoms with Crippen LogP contribution in [0, 0.1) is 5.82 Å². The zero-order valence-electron chi connectivity index (χ0n) is 13.9. The molecule has 0 saturated heterocycles. The number of hydrogen-bond donors (Lipinski definition) is 2. The third-order valence-corrected chi connectivity index (χ3v) is 4.39. The van der Waals surface area contributed by atoms with Crippen LogP contribution in [0.2, 0.25) is 5.02 Å². The van der Waals surface area contributed by atoms with E-state index in [2.05, 4.69) is 36.3 Å². The summed E-state index contributed by atoms with van der Waals surface area (Å²) in [6.07, 6.45) is 0.732. The molecule has 128 valence electrons. The van der Waals surface area contributed by atoms with Gasteiger partial charge in [-0.2, -0.15) is 5.10 Å². The Hall–Kier alpha value is -2.08. The Morgan fingerprint density at radius 2 is 2.17 bits per heavy atom. The van der Waals surface area contributed by atoms with E-state index >= 15 is 0 Å². The number of aromatic nitrogens is 2. The van der Waals surface area contributed by atoms with Crippen molar-refractivity contribution in [3.63, 3.8) is 0 Å². The lowest BCUT2D eigenvalue weighted by atomic mass is 9.87. The van der Waals surface area contributed by atoms with Gasteiger partial charge >= 0.3 is 6.03 Å². The third kappa shape index (κ3) is 3.24. The molecule has 2 heterocycles. The minimum Gasteiger partial charge on any atom is -0.320 e. The van der Waals surface area contributed by atoms with Crippen LogP contribution in [0.15, 0.2) is 18.2 Å². The molecule has 7 heteroatoms. The van der Waals surface area contributed by atoms with Crippen molar-refractivity contribution >= 4 is 23.3 Å². The molecule has 0 fully saturated rings. The highest BCUT2D eigenvalue weighted by Gasteiger charge is 2.29. The van der Waals surface area contributed by atoms with Crippen molar-refractivity contribution in [3.05, 3.63) is 46.0 Å². The van der Waals surface area contributed by atoms with Crippen molar-refractivity contribution in [2.75, 3.05) is 11.9 Å². The van der Waals surface area contributed by atoms with Gasteiger partial charge in [0.05, 0.1) is 17.3 Å². The molecule has 1 aromatic carbocycles. The van der Waals surface area contributed by atoms with Crippen LogP contribution in [-0.2, 0) is 18.4 Å². The van der Waals surface area contributed by atoms with Crippen LogP contribution < -0.4 is 5.32 Å². The second-order valence-electron chi connectivity index (χ2n) is 7.01. The Morgan fingerprint density at radius 3 is 2.83 bits per heavy atom. The number of anilines is 1. The van der Waals surface area contributed by atoms with E-state index in [0.29, 0.717) is 18.8 Å². The lowest BCUT2D eigenvalue weighted by molar-refractivity contribution is 0.206. The lowest BCUT2D eigenvalue weighted by Crippen LogP contribution is -2.39. The van der Waals surface area contributed by atoms with Crippen LogP contribution >= 0.6 is 11.6 Å². The molecular formula is C17H20ClFN4O. The van der Waals surface area contributed by atoms with Crippen LogP contribution in [-0.4, -0.2) is 27.7 Å². The number of aromatic amines is 1. The number of rotatable bonds is 1. The molecular weight excluding hydrogens is 331 g/mol. The summed E-state index contributed by atoms with van der Waals surface area (Å²) in [6.45, 7) is 7.40. The lowest BCUT2D eigenvalue weighted by Gasteiger charge is -2.29. The smallest absolute Gasteiger partial charge is 0.320 e. The van der Waals surface area contributed by atoms with E-state index in [4.69, 9.17) is 11.6 Å². The second kappa shape index (κ2) is 6.09. The number of nitrogens with zero attached hydrogens (tertiary/aromatic N) is 2. The summed E-state index contributed by atoms with van der Waals surface area (Å²) in [4.78, 5) is 14.2. The molecule has 2 N–H and O–H groups in total. The molecule has 0 saturated carbocycles. The van der Waals surface area contributed by atoms with Crippen molar-refractivity contribution < 1.29 is 9.18 Å². The number of amides is 2. The summed E-state index contributed by atoms with van der Waals surface area (Å²) in [5, 5.41) is 10.3. The number of carbonyl (C=O) groups excluding carboxylic acids is 1. The maximum Gasteiger partial charge on any atom is 0.322 e. The molecule has 0 aliphatic carbocycles. The number of nitrogens with one attached hydrogen (secondary N) is 2. The van der Waals surface area contributed by atoms with Gasteiger partial charge in [0.15, 0.2) is 0 Å². The predicted molar refractivity (Wildman–Crippen MR) is 91.8 cm³/mol. The molecule has 3 rings (SSSR count). The Bertz CT molecular complexity index is 781. The summed E-state index contributed by atoms with van der Waals surface area (Å²) < 4.78 is 13.2. The van der Waals surface area contributed by atoms with Crippen molar-refractivity contribution in [1.29, 1.82) is 0 Å². The van der Waals surface area contributed by atoms with Crippen LogP contribution in [0.4, 0.5) is 14.9 Å². The fourth-order valence-corrected chi connectivity index (χ4v) is 3.05. The fraction of sp³-hybridized carbons (Fsp3) is 0.412. The first-order chi connectivity index (χ1) is 11.3. The normalized spacial score (nSPS) is 14.5. The molecule has 0 unspecified atom stereocenters. The number of urea groups is 1. The number of benzene rings is 1. The molecule has 2 amide bonds. The third-order valence-electron chi connectivity index (χ3n) is 4.10. The van der Waals surface area contributed by atoms with Crippen LogP contribution in [0.25, 0.3) is 0 Å². The van der Waals surface area contributed by atoms with E-state index in [-0.39, 0.29) is 16.5 Å². The van der Waals surface area contributed by atoms with E-state index in [9.17, 15) is 9.18 Å². The van der Waals surface area contributed by atoms with E-state index < -0.39 is 5.82 Å². The monoisotopic (exact) mass is 350 g/mol. The van der Waals surface area contributed by atoms with Crippen LogP contribution in [0.1, 0.15) is 37.7 Å². The van der Waals surface area contributed by atoms with E-state index in [0.717, 1.165) is 23.4 Å². The van der Waals surface area contributed by atoms with Crippen molar-refractivity contribution in [2.45, 2.75) is 39.2 Å². The average molecular weight is 351 g/mol. The van der Waals surface area contributed by atoms with Crippen LogP contribution in [0.5, 0.6) is 0 Å². The zero-order chi connectivity index (χ0) is 17.5. The van der Waals surface area contributed by atoms with E-state index in [1.807, 2.05) is 0 Å². The van der Waals surface area contributed by atoms with Gasteiger partial charge in [-0.05, 0) is 18.2 Å². The van der Waals surface area contributed by atoms with Gasteiger partial charge in [0, 0.05) is 35.3 Å². The highest BCUT2D eigenvalue weighted by Crippen LogP contribution is 2.29. The van der Waals surface area contributed by atoms with Gasteiger partial charge in [0.25, 0.3) is 0 Å². The Kier molecular flexibility index (Phi) is 4.25. The van der Waals surface area contributed by atoms with E-state index in [1.54, 1.807) is 4.90 Å².